The molecular formula is C23H24N2O2. The second-order valence-electron chi connectivity index (χ2n) is 6.77. The molecule has 0 fully saturated rings. The molecule has 0 saturated heterocycles. The Kier molecular flexibility index (Phi) is 5.55. The van der Waals surface area contributed by atoms with Crippen molar-refractivity contribution in [2.45, 2.75) is 33.7 Å². The Labute approximate surface area is 159 Å². The summed E-state index contributed by atoms with van der Waals surface area (Å²) in [6.45, 7) is 6.76. The zero-order valence-electron chi connectivity index (χ0n) is 16.0. The number of ketones is 1. The Morgan fingerprint density at radius 1 is 0.926 bits per heavy atom. The molecule has 1 heterocycles. The molecule has 4 nitrogen and oxygen atoms in total. The predicted molar refractivity (Wildman–Crippen MR) is 108 cm³/mol. The lowest BCUT2D eigenvalue weighted by atomic mass is 10.1. The molecule has 27 heavy (non-hydrogen) atoms. The lowest BCUT2D eigenvalue weighted by Crippen LogP contribution is -2.25. The van der Waals surface area contributed by atoms with Gasteiger partial charge in [0.1, 0.15) is 0 Å². The molecule has 0 atom stereocenters. The molecule has 1 amide bonds. The normalized spacial score (nSPS) is 10.6. The molecule has 3 aromatic rings. The van der Waals surface area contributed by atoms with Gasteiger partial charge in [0, 0.05) is 18.4 Å². The topological polar surface area (TPSA) is 51.1 Å². The second-order valence-corrected chi connectivity index (χ2v) is 6.77. The summed E-state index contributed by atoms with van der Waals surface area (Å²) in [6.07, 6.45) is 2.75. The van der Waals surface area contributed by atoms with Crippen LogP contribution in [0.5, 0.6) is 0 Å². The van der Waals surface area contributed by atoms with Gasteiger partial charge >= 0.3 is 0 Å². The van der Waals surface area contributed by atoms with E-state index >= 15 is 0 Å². The summed E-state index contributed by atoms with van der Waals surface area (Å²) in [5, 5.41) is 2.69. The molecular weight excluding hydrogens is 336 g/mol. The highest BCUT2D eigenvalue weighted by Crippen LogP contribution is 2.15. The molecule has 0 aliphatic heterocycles. The lowest BCUT2D eigenvalue weighted by Gasteiger charge is -2.11. The molecule has 2 aromatic carbocycles. The van der Waals surface area contributed by atoms with Crippen LogP contribution < -0.4 is 5.32 Å². The van der Waals surface area contributed by atoms with E-state index in [-0.39, 0.29) is 0 Å². The number of hydrogen-bond acceptors (Lipinski definition) is 2. The van der Waals surface area contributed by atoms with Crippen molar-refractivity contribution in [1.29, 1.82) is 0 Å². The van der Waals surface area contributed by atoms with Crippen molar-refractivity contribution in [3.8, 4) is 0 Å². The van der Waals surface area contributed by atoms with Gasteiger partial charge in [-0.2, -0.15) is 0 Å². The first-order valence-electron chi connectivity index (χ1n) is 9.14. The summed E-state index contributed by atoms with van der Waals surface area (Å²) < 4.78 is 1.81. The van der Waals surface area contributed by atoms with Gasteiger partial charge in [-0.1, -0.05) is 37.3 Å². The fourth-order valence-electron chi connectivity index (χ4n) is 2.98. The van der Waals surface area contributed by atoms with Gasteiger partial charge in [-0.15, -0.1) is 0 Å². The average molecular weight is 360 g/mol. The number of nitrogens with one attached hydrogen (secondary N) is 1. The van der Waals surface area contributed by atoms with Crippen molar-refractivity contribution in [3.05, 3.63) is 88.7 Å². The SMILES string of the molecule is CCc1ccc(NC(=O)C(=O)c2cccn2Cc2ccc(C)c(C)c2)cc1. The zero-order valence-corrected chi connectivity index (χ0v) is 16.0. The lowest BCUT2D eigenvalue weighted by molar-refractivity contribution is -0.112. The first-order valence-corrected chi connectivity index (χ1v) is 9.14. The van der Waals surface area contributed by atoms with E-state index in [1.807, 2.05) is 41.1 Å². The summed E-state index contributed by atoms with van der Waals surface area (Å²) >= 11 is 0. The quantitative estimate of drug-likeness (QED) is 0.518. The molecule has 0 unspecified atom stereocenters. The summed E-state index contributed by atoms with van der Waals surface area (Å²) in [4.78, 5) is 25.0. The largest absolute Gasteiger partial charge is 0.340 e. The molecule has 0 aliphatic carbocycles. The van der Waals surface area contributed by atoms with Crippen molar-refractivity contribution in [2.24, 2.45) is 0 Å². The van der Waals surface area contributed by atoms with Gasteiger partial charge in [0.05, 0.1) is 5.69 Å². The van der Waals surface area contributed by atoms with Crippen LogP contribution >= 0.6 is 0 Å². The zero-order chi connectivity index (χ0) is 19.4. The molecule has 3 rings (SSSR count). The minimum atomic E-state index is -0.626. The summed E-state index contributed by atoms with van der Waals surface area (Å²) in [5.41, 5.74) is 5.73. The monoisotopic (exact) mass is 360 g/mol. The minimum absolute atomic E-state index is 0.385. The van der Waals surface area contributed by atoms with Crippen molar-refractivity contribution < 1.29 is 9.59 Å². The number of aromatic nitrogens is 1. The van der Waals surface area contributed by atoms with Crippen molar-refractivity contribution in [1.82, 2.24) is 4.57 Å². The highest BCUT2D eigenvalue weighted by atomic mass is 16.2. The molecule has 0 saturated carbocycles. The number of Topliss-reactive ketones (excluding diaryl/α,β-unsaturated/α-hetero) is 1. The first kappa shape index (κ1) is 18.6. The van der Waals surface area contributed by atoms with Crippen molar-refractivity contribution in [3.63, 3.8) is 0 Å². The van der Waals surface area contributed by atoms with E-state index in [1.54, 1.807) is 12.1 Å². The number of nitrogens with zero attached hydrogens (tertiary/aromatic N) is 1. The van der Waals surface area contributed by atoms with Gasteiger partial charge in [0.25, 0.3) is 11.7 Å². The van der Waals surface area contributed by atoms with Crippen LogP contribution in [0.25, 0.3) is 0 Å². The van der Waals surface area contributed by atoms with Gasteiger partial charge < -0.3 is 9.88 Å². The van der Waals surface area contributed by atoms with E-state index in [9.17, 15) is 9.59 Å². The number of anilines is 1. The van der Waals surface area contributed by atoms with E-state index in [0.29, 0.717) is 17.9 Å². The van der Waals surface area contributed by atoms with Crippen LogP contribution in [0.2, 0.25) is 0 Å². The third-order valence-corrected chi connectivity index (χ3v) is 4.81. The number of amides is 1. The smallest absolute Gasteiger partial charge is 0.298 e. The van der Waals surface area contributed by atoms with E-state index in [2.05, 4.69) is 38.2 Å². The van der Waals surface area contributed by atoms with Gasteiger partial charge in [0.15, 0.2) is 0 Å². The van der Waals surface area contributed by atoms with Gasteiger partial charge in [-0.3, -0.25) is 9.59 Å². The molecule has 0 spiro atoms. The molecule has 138 valence electrons. The molecule has 1 N–H and O–H groups in total. The van der Waals surface area contributed by atoms with Crippen LogP contribution in [-0.4, -0.2) is 16.3 Å². The Bertz CT molecular complexity index is 968. The third-order valence-electron chi connectivity index (χ3n) is 4.81. The highest BCUT2D eigenvalue weighted by Gasteiger charge is 2.20. The van der Waals surface area contributed by atoms with E-state index in [1.165, 1.54) is 16.7 Å². The maximum Gasteiger partial charge on any atom is 0.298 e. The van der Waals surface area contributed by atoms with E-state index in [4.69, 9.17) is 0 Å². The van der Waals surface area contributed by atoms with Crippen molar-refractivity contribution in [2.75, 3.05) is 5.32 Å². The maximum atomic E-state index is 12.6. The van der Waals surface area contributed by atoms with Crippen molar-refractivity contribution >= 4 is 17.4 Å². The maximum absolute atomic E-state index is 12.6. The molecule has 0 bridgehead atoms. The third kappa shape index (κ3) is 4.34. The fraction of sp³-hybridized carbons (Fsp3) is 0.217. The molecule has 4 heteroatoms. The van der Waals surface area contributed by atoms with Crippen LogP contribution in [0.4, 0.5) is 5.69 Å². The molecule has 0 aliphatic rings. The summed E-state index contributed by atoms with van der Waals surface area (Å²) in [7, 11) is 0. The van der Waals surface area contributed by atoms with Crippen LogP contribution in [0.15, 0.2) is 60.8 Å². The van der Waals surface area contributed by atoms with Crippen LogP contribution in [0.1, 0.15) is 39.7 Å². The molecule has 1 aromatic heterocycles. The summed E-state index contributed by atoms with van der Waals surface area (Å²) in [6, 6.07) is 17.2. The first-order chi connectivity index (χ1) is 13.0. The van der Waals surface area contributed by atoms with E-state index in [0.717, 1.165) is 12.0 Å². The van der Waals surface area contributed by atoms with Crippen LogP contribution in [-0.2, 0) is 17.8 Å². The Hall–Kier alpha value is -3.14. The fourth-order valence-corrected chi connectivity index (χ4v) is 2.98. The predicted octanol–water partition coefficient (Wildman–Crippen LogP) is 4.54. The number of aryl methyl sites for hydroxylation is 3. The number of benzene rings is 2. The van der Waals surface area contributed by atoms with Crippen LogP contribution in [0, 0.1) is 13.8 Å². The second kappa shape index (κ2) is 8.04. The minimum Gasteiger partial charge on any atom is -0.340 e. The Morgan fingerprint density at radius 3 is 2.30 bits per heavy atom. The van der Waals surface area contributed by atoms with E-state index < -0.39 is 11.7 Å². The average Bonchev–Trinajstić information content (AvgIpc) is 3.12. The molecule has 0 radical (unpaired) electrons. The highest BCUT2D eigenvalue weighted by molar-refractivity contribution is 6.46. The van der Waals surface area contributed by atoms with Crippen LogP contribution in [0.3, 0.4) is 0 Å². The van der Waals surface area contributed by atoms with Gasteiger partial charge in [-0.05, 0) is 66.8 Å². The summed E-state index contributed by atoms with van der Waals surface area (Å²) in [5.74, 6) is -1.16. The van der Waals surface area contributed by atoms with Gasteiger partial charge in [0.2, 0.25) is 0 Å². The Morgan fingerprint density at radius 2 is 1.63 bits per heavy atom. The standard InChI is InChI=1S/C23H24N2O2/c1-4-18-9-11-20(12-10-18)24-23(27)22(26)21-6-5-13-25(21)15-19-8-7-16(2)17(3)14-19/h5-14H,4,15H2,1-3H3,(H,24,27). The van der Waals surface area contributed by atoms with Gasteiger partial charge in [-0.25, -0.2) is 0 Å². The number of carbonyl (C=O) groups excluding carboxylic acids is 2. The number of rotatable bonds is 6. The number of carbonyl (C=O) groups is 2. The number of hydrogen-bond donors (Lipinski definition) is 1. The Balaban J connectivity index is 1.74.